The molecule has 0 radical (unpaired) electrons. The molecule has 17 heavy (non-hydrogen) atoms. The third-order valence-electron chi connectivity index (χ3n) is 4.50. The van der Waals surface area contributed by atoms with Gasteiger partial charge in [0.1, 0.15) is 0 Å². The summed E-state index contributed by atoms with van der Waals surface area (Å²) in [4.78, 5) is 0. The Bertz CT molecular complexity index is 326. The van der Waals surface area contributed by atoms with Crippen LogP contribution in [0.15, 0.2) is 24.3 Å². The lowest BCUT2D eigenvalue weighted by Crippen LogP contribution is -2.12. The SMILES string of the molecule is CCC1CCC(c2ccc(C(C)C)cc2)CC1. The lowest BCUT2D eigenvalue weighted by molar-refractivity contribution is 0.319. The largest absolute Gasteiger partial charge is 0.0651 e. The van der Waals surface area contributed by atoms with Crippen LogP contribution in [0.3, 0.4) is 0 Å². The Hall–Kier alpha value is -0.780. The first-order valence-electron chi connectivity index (χ1n) is 7.30. The number of benzene rings is 1. The lowest BCUT2D eigenvalue weighted by Gasteiger charge is -2.28. The predicted molar refractivity (Wildman–Crippen MR) is 75.5 cm³/mol. The minimum atomic E-state index is 0.653. The van der Waals surface area contributed by atoms with Gasteiger partial charge in [0.2, 0.25) is 0 Å². The molecule has 0 unspecified atom stereocenters. The normalized spacial score (nSPS) is 25.2. The van der Waals surface area contributed by atoms with Gasteiger partial charge in [0.05, 0.1) is 0 Å². The van der Waals surface area contributed by atoms with Gasteiger partial charge in [-0.25, -0.2) is 0 Å². The highest BCUT2D eigenvalue weighted by Crippen LogP contribution is 2.37. The molecule has 1 fully saturated rings. The van der Waals surface area contributed by atoms with E-state index in [1.54, 1.807) is 5.56 Å². The Morgan fingerprint density at radius 3 is 2.06 bits per heavy atom. The fourth-order valence-corrected chi connectivity index (χ4v) is 3.06. The van der Waals surface area contributed by atoms with E-state index in [1.807, 2.05) is 0 Å². The highest BCUT2D eigenvalue weighted by atomic mass is 14.3. The first-order chi connectivity index (χ1) is 8.20. The maximum absolute atomic E-state index is 2.37. The number of hydrogen-bond donors (Lipinski definition) is 0. The monoisotopic (exact) mass is 230 g/mol. The minimum absolute atomic E-state index is 0.653. The van der Waals surface area contributed by atoms with Crippen molar-refractivity contribution < 1.29 is 0 Å². The molecule has 1 aromatic rings. The van der Waals surface area contributed by atoms with Crippen molar-refractivity contribution in [1.29, 1.82) is 0 Å². The predicted octanol–water partition coefficient (Wildman–Crippen LogP) is 5.49. The third kappa shape index (κ3) is 3.12. The molecule has 2 rings (SSSR count). The average molecular weight is 230 g/mol. The van der Waals surface area contributed by atoms with E-state index in [2.05, 4.69) is 45.0 Å². The maximum Gasteiger partial charge on any atom is -0.0162 e. The van der Waals surface area contributed by atoms with Gasteiger partial charge in [-0.1, -0.05) is 51.5 Å². The van der Waals surface area contributed by atoms with Gasteiger partial charge in [0, 0.05) is 0 Å². The first-order valence-corrected chi connectivity index (χ1v) is 7.30. The van der Waals surface area contributed by atoms with Crippen molar-refractivity contribution in [2.24, 2.45) is 5.92 Å². The van der Waals surface area contributed by atoms with Crippen LogP contribution < -0.4 is 0 Å². The molecule has 0 N–H and O–H groups in total. The van der Waals surface area contributed by atoms with Crippen molar-refractivity contribution in [3.05, 3.63) is 35.4 Å². The van der Waals surface area contributed by atoms with E-state index >= 15 is 0 Å². The van der Waals surface area contributed by atoms with E-state index < -0.39 is 0 Å². The summed E-state index contributed by atoms with van der Waals surface area (Å²) >= 11 is 0. The summed E-state index contributed by atoms with van der Waals surface area (Å²) in [7, 11) is 0. The molecule has 0 heterocycles. The Morgan fingerprint density at radius 2 is 1.59 bits per heavy atom. The first kappa shape index (κ1) is 12.7. The molecule has 0 aromatic heterocycles. The van der Waals surface area contributed by atoms with Crippen LogP contribution in [0.1, 0.15) is 75.8 Å². The summed E-state index contributed by atoms with van der Waals surface area (Å²) in [6.07, 6.45) is 7.05. The van der Waals surface area contributed by atoms with Gasteiger partial charge >= 0.3 is 0 Å². The van der Waals surface area contributed by atoms with Crippen LogP contribution in [0.2, 0.25) is 0 Å². The van der Waals surface area contributed by atoms with E-state index in [-0.39, 0.29) is 0 Å². The molecule has 0 bridgehead atoms. The highest BCUT2D eigenvalue weighted by molar-refractivity contribution is 5.27. The van der Waals surface area contributed by atoms with Crippen LogP contribution in [0.5, 0.6) is 0 Å². The molecule has 0 atom stereocenters. The second kappa shape index (κ2) is 5.71. The molecule has 0 nitrogen and oxygen atoms in total. The summed E-state index contributed by atoms with van der Waals surface area (Å²) in [6, 6.07) is 9.39. The molecule has 1 aromatic carbocycles. The van der Waals surface area contributed by atoms with Gasteiger partial charge in [-0.15, -0.1) is 0 Å². The summed E-state index contributed by atoms with van der Waals surface area (Å²) in [5.41, 5.74) is 3.04. The smallest absolute Gasteiger partial charge is 0.0162 e. The van der Waals surface area contributed by atoms with Crippen LogP contribution in [0.4, 0.5) is 0 Å². The summed E-state index contributed by atoms with van der Waals surface area (Å²) in [5, 5.41) is 0. The van der Waals surface area contributed by atoms with Gasteiger partial charge < -0.3 is 0 Å². The lowest BCUT2D eigenvalue weighted by atomic mass is 9.77. The fourth-order valence-electron chi connectivity index (χ4n) is 3.06. The van der Waals surface area contributed by atoms with Crippen LogP contribution in [-0.2, 0) is 0 Å². The second-order valence-electron chi connectivity index (χ2n) is 5.95. The molecule has 0 spiro atoms. The minimum Gasteiger partial charge on any atom is -0.0651 e. The van der Waals surface area contributed by atoms with E-state index in [9.17, 15) is 0 Å². The maximum atomic E-state index is 2.37. The zero-order chi connectivity index (χ0) is 12.3. The Balaban J connectivity index is 1.99. The summed E-state index contributed by atoms with van der Waals surface area (Å²) in [6.45, 7) is 6.87. The van der Waals surface area contributed by atoms with Crippen molar-refractivity contribution in [3.8, 4) is 0 Å². The molecule has 1 aliphatic carbocycles. The molecule has 1 saturated carbocycles. The molecule has 0 saturated heterocycles. The van der Waals surface area contributed by atoms with Gasteiger partial charge in [0.15, 0.2) is 0 Å². The highest BCUT2D eigenvalue weighted by Gasteiger charge is 2.21. The van der Waals surface area contributed by atoms with Crippen molar-refractivity contribution in [2.45, 2.75) is 64.7 Å². The quantitative estimate of drug-likeness (QED) is 0.643. The van der Waals surface area contributed by atoms with Crippen LogP contribution in [0.25, 0.3) is 0 Å². The molecular weight excluding hydrogens is 204 g/mol. The van der Waals surface area contributed by atoms with Gasteiger partial charge in [-0.2, -0.15) is 0 Å². The van der Waals surface area contributed by atoms with E-state index in [4.69, 9.17) is 0 Å². The molecule has 1 aliphatic rings. The average Bonchev–Trinajstić information content (AvgIpc) is 2.39. The summed E-state index contributed by atoms with van der Waals surface area (Å²) in [5.74, 6) is 2.49. The fraction of sp³-hybridized carbons (Fsp3) is 0.647. The van der Waals surface area contributed by atoms with Crippen molar-refractivity contribution >= 4 is 0 Å². The van der Waals surface area contributed by atoms with Crippen molar-refractivity contribution in [1.82, 2.24) is 0 Å². The standard InChI is InChI=1S/C17H26/c1-4-14-5-7-16(8-6-14)17-11-9-15(10-12-17)13(2)3/h9-14,16H,4-8H2,1-3H3. The Morgan fingerprint density at radius 1 is 1.00 bits per heavy atom. The van der Waals surface area contributed by atoms with Gasteiger partial charge in [0.25, 0.3) is 0 Å². The molecular formula is C17H26. The third-order valence-corrected chi connectivity index (χ3v) is 4.50. The molecule has 94 valence electrons. The van der Waals surface area contributed by atoms with Gasteiger partial charge in [-0.05, 0) is 54.6 Å². The van der Waals surface area contributed by atoms with E-state index in [0.29, 0.717) is 5.92 Å². The van der Waals surface area contributed by atoms with Crippen molar-refractivity contribution in [2.75, 3.05) is 0 Å². The zero-order valence-electron chi connectivity index (χ0n) is 11.6. The zero-order valence-corrected chi connectivity index (χ0v) is 11.6. The van der Waals surface area contributed by atoms with E-state index in [1.165, 1.54) is 37.7 Å². The van der Waals surface area contributed by atoms with Crippen LogP contribution in [-0.4, -0.2) is 0 Å². The van der Waals surface area contributed by atoms with Crippen LogP contribution >= 0.6 is 0 Å². The topological polar surface area (TPSA) is 0 Å². The number of rotatable bonds is 3. The van der Waals surface area contributed by atoms with Gasteiger partial charge in [-0.3, -0.25) is 0 Å². The summed E-state index contributed by atoms with van der Waals surface area (Å²) < 4.78 is 0. The molecule has 0 heteroatoms. The second-order valence-corrected chi connectivity index (χ2v) is 5.95. The van der Waals surface area contributed by atoms with Crippen LogP contribution in [0, 0.1) is 5.92 Å². The Labute approximate surface area is 106 Å². The molecule has 0 aliphatic heterocycles. The molecule has 0 amide bonds. The van der Waals surface area contributed by atoms with E-state index in [0.717, 1.165) is 11.8 Å². The van der Waals surface area contributed by atoms with Crippen molar-refractivity contribution in [3.63, 3.8) is 0 Å². The number of hydrogen-bond acceptors (Lipinski definition) is 0. The Kier molecular flexibility index (Phi) is 4.25.